The van der Waals surface area contributed by atoms with E-state index < -0.39 is 12.1 Å². The zero-order chi connectivity index (χ0) is 64.9. The number of carbonyl (C=O) groups is 2. The minimum absolute atomic E-state index is 0.0153. The number of unbranched alkanes of at least 4 members (excludes halogenated alkanes) is 67. The molecule has 536 valence electrons. The van der Waals surface area contributed by atoms with E-state index >= 15 is 0 Å². The first-order valence-electron chi connectivity index (χ1n) is 41.9. The van der Waals surface area contributed by atoms with Crippen molar-refractivity contribution in [3.63, 3.8) is 0 Å². The monoisotopic (exact) mass is 1270 g/mol. The number of esters is 1. The van der Waals surface area contributed by atoms with E-state index in [0.717, 1.165) is 44.9 Å². The molecule has 0 saturated heterocycles. The molecule has 3 N–H and O–H groups in total. The van der Waals surface area contributed by atoms with E-state index in [1.807, 2.05) is 0 Å². The molecule has 0 aromatic carbocycles. The van der Waals surface area contributed by atoms with Gasteiger partial charge in [-0.1, -0.05) is 437 Å². The molecule has 6 nitrogen and oxygen atoms in total. The fourth-order valence-electron chi connectivity index (χ4n) is 13.7. The van der Waals surface area contributed by atoms with Crippen LogP contribution in [0.5, 0.6) is 0 Å². The van der Waals surface area contributed by atoms with Crippen LogP contribution in [0.4, 0.5) is 0 Å². The molecule has 0 aliphatic heterocycles. The molecule has 90 heavy (non-hydrogen) atoms. The van der Waals surface area contributed by atoms with Crippen LogP contribution in [-0.4, -0.2) is 47.4 Å². The van der Waals surface area contributed by atoms with Crippen molar-refractivity contribution in [2.24, 2.45) is 0 Å². The Kier molecular flexibility index (Phi) is 78.8. The van der Waals surface area contributed by atoms with Crippen LogP contribution in [0.2, 0.25) is 0 Å². The van der Waals surface area contributed by atoms with Gasteiger partial charge in [0.15, 0.2) is 0 Å². The van der Waals surface area contributed by atoms with E-state index in [1.165, 1.54) is 411 Å². The Morgan fingerprint density at radius 2 is 0.522 bits per heavy atom. The van der Waals surface area contributed by atoms with E-state index in [0.29, 0.717) is 25.9 Å². The zero-order valence-electron chi connectivity index (χ0n) is 61.7. The molecular weight excluding hydrogens is 1100 g/mol. The van der Waals surface area contributed by atoms with Crippen LogP contribution in [0, 0.1) is 0 Å². The fourth-order valence-corrected chi connectivity index (χ4v) is 13.7. The Bertz CT molecular complexity index is 1370. The van der Waals surface area contributed by atoms with Gasteiger partial charge in [-0.2, -0.15) is 0 Å². The van der Waals surface area contributed by atoms with Gasteiger partial charge < -0.3 is 20.3 Å². The Morgan fingerprint density at radius 1 is 0.300 bits per heavy atom. The van der Waals surface area contributed by atoms with Gasteiger partial charge in [0.25, 0.3) is 0 Å². The molecule has 0 aliphatic rings. The number of hydrogen-bond acceptors (Lipinski definition) is 5. The highest BCUT2D eigenvalue weighted by atomic mass is 16.5. The van der Waals surface area contributed by atoms with Crippen molar-refractivity contribution in [3.8, 4) is 0 Å². The van der Waals surface area contributed by atoms with Gasteiger partial charge in [0.05, 0.1) is 25.4 Å². The molecule has 2 atom stereocenters. The summed E-state index contributed by atoms with van der Waals surface area (Å²) in [7, 11) is 0. The number of nitrogens with one attached hydrogen (secondary N) is 1. The molecule has 6 heteroatoms. The quantitative estimate of drug-likeness (QED) is 0.0320. The maximum Gasteiger partial charge on any atom is 0.305 e. The van der Waals surface area contributed by atoms with Gasteiger partial charge in [-0.05, 0) is 51.4 Å². The van der Waals surface area contributed by atoms with Crippen molar-refractivity contribution in [1.82, 2.24) is 5.32 Å². The summed E-state index contributed by atoms with van der Waals surface area (Å²) >= 11 is 0. The van der Waals surface area contributed by atoms with Crippen LogP contribution in [0.3, 0.4) is 0 Å². The van der Waals surface area contributed by atoms with Gasteiger partial charge in [0.2, 0.25) is 5.91 Å². The summed E-state index contributed by atoms with van der Waals surface area (Å²) in [5, 5.41) is 23.5. The Hall–Kier alpha value is -1.40. The largest absolute Gasteiger partial charge is 0.466 e. The summed E-state index contributed by atoms with van der Waals surface area (Å²) < 4.78 is 5.51. The molecule has 0 aromatic heterocycles. The molecule has 0 aliphatic carbocycles. The van der Waals surface area contributed by atoms with Crippen LogP contribution in [0.25, 0.3) is 0 Å². The summed E-state index contributed by atoms with van der Waals surface area (Å²) in [4.78, 5) is 24.7. The highest BCUT2D eigenvalue weighted by Crippen LogP contribution is 2.21. The standard InChI is InChI=1S/C84H165NO5/c1-3-5-7-9-11-13-15-17-19-21-22-23-24-33-36-39-42-45-48-52-56-60-64-68-72-76-82(87)81(80-86)85-83(88)77-73-69-65-61-57-53-49-46-43-40-37-34-31-29-27-25-26-28-30-32-35-38-41-44-47-51-55-59-63-67-71-75-79-90-84(89)78-74-70-66-62-58-54-50-20-18-16-14-12-10-8-6-4-2/h20,50,81-82,86-87H,3-19,21-49,51-80H2,1-2H3,(H,85,88)/b50-20-. The molecule has 1 amide bonds. The minimum Gasteiger partial charge on any atom is -0.466 e. The lowest BCUT2D eigenvalue weighted by Crippen LogP contribution is -2.45. The summed E-state index contributed by atoms with van der Waals surface area (Å²) in [5.41, 5.74) is 0. The molecule has 0 aromatic rings. The van der Waals surface area contributed by atoms with E-state index in [9.17, 15) is 19.8 Å². The molecule has 0 radical (unpaired) electrons. The molecule has 0 spiro atoms. The van der Waals surface area contributed by atoms with Gasteiger partial charge in [0.1, 0.15) is 0 Å². The molecule has 0 rings (SSSR count). The van der Waals surface area contributed by atoms with Crippen LogP contribution in [0.1, 0.15) is 489 Å². The number of aliphatic hydroxyl groups excluding tert-OH is 2. The molecule has 0 saturated carbocycles. The smallest absolute Gasteiger partial charge is 0.305 e. The number of allylic oxidation sites excluding steroid dienone is 2. The topological polar surface area (TPSA) is 95.9 Å². The van der Waals surface area contributed by atoms with Gasteiger partial charge in [-0.25, -0.2) is 0 Å². The molecule has 0 heterocycles. The first kappa shape index (κ1) is 88.6. The second kappa shape index (κ2) is 80.0. The highest BCUT2D eigenvalue weighted by Gasteiger charge is 2.20. The zero-order valence-corrected chi connectivity index (χ0v) is 61.7. The van der Waals surface area contributed by atoms with E-state index in [2.05, 4.69) is 31.3 Å². The Balaban J connectivity index is 3.32. The molecular formula is C84H165NO5. The van der Waals surface area contributed by atoms with Crippen LogP contribution in [0.15, 0.2) is 12.2 Å². The number of hydrogen-bond donors (Lipinski definition) is 3. The van der Waals surface area contributed by atoms with Crippen molar-refractivity contribution in [2.75, 3.05) is 13.2 Å². The third kappa shape index (κ3) is 75.6. The maximum absolute atomic E-state index is 12.6. The molecule has 2 unspecified atom stereocenters. The van der Waals surface area contributed by atoms with Crippen LogP contribution in [-0.2, 0) is 14.3 Å². The summed E-state index contributed by atoms with van der Waals surface area (Å²) in [6, 6.07) is -0.539. The lowest BCUT2D eigenvalue weighted by Gasteiger charge is -2.22. The second-order valence-electron chi connectivity index (χ2n) is 29.2. The van der Waals surface area contributed by atoms with Crippen molar-refractivity contribution in [3.05, 3.63) is 12.2 Å². The van der Waals surface area contributed by atoms with E-state index in [1.54, 1.807) is 0 Å². The first-order valence-corrected chi connectivity index (χ1v) is 41.9. The number of aliphatic hydroxyl groups is 2. The highest BCUT2D eigenvalue weighted by molar-refractivity contribution is 5.76. The summed E-state index contributed by atoms with van der Waals surface area (Å²) in [6.45, 7) is 5.01. The summed E-state index contributed by atoms with van der Waals surface area (Å²) in [6.07, 6.45) is 102. The van der Waals surface area contributed by atoms with Crippen molar-refractivity contribution < 1.29 is 24.5 Å². The third-order valence-electron chi connectivity index (χ3n) is 20.1. The van der Waals surface area contributed by atoms with Crippen molar-refractivity contribution in [1.29, 1.82) is 0 Å². The Labute approximate surface area is 565 Å². The number of carbonyl (C=O) groups excluding carboxylic acids is 2. The molecule has 0 fully saturated rings. The third-order valence-corrected chi connectivity index (χ3v) is 20.1. The van der Waals surface area contributed by atoms with Gasteiger partial charge >= 0.3 is 5.97 Å². The molecule has 0 bridgehead atoms. The van der Waals surface area contributed by atoms with E-state index in [-0.39, 0.29) is 18.5 Å². The van der Waals surface area contributed by atoms with Gasteiger partial charge in [-0.3, -0.25) is 9.59 Å². The Morgan fingerprint density at radius 3 is 0.789 bits per heavy atom. The van der Waals surface area contributed by atoms with Crippen molar-refractivity contribution in [2.45, 2.75) is 501 Å². The lowest BCUT2D eigenvalue weighted by atomic mass is 10.0. The van der Waals surface area contributed by atoms with Crippen molar-refractivity contribution >= 4 is 11.9 Å². The minimum atomic E-state index is -0.662. The summed E-state index contributed by atoms with van der Waals surface area (Å²) in [5.74, 6) is -0.00854. The number of amides is 1. The van der Waals surface area contributed by atoms with Crippen LogP contribution >= 0.6 is 0 Å². The average molecular weight is 1270 g/mol. The van der Waals surface area contributed by atoms with Crippen LogP contribution < -0.4 is 5.32 Å². The average Bonchev–Trinajstić information content (AvgIpc) is 3.71. The SMILES string of the molecule is CCCCCCCCC/C=C\CCCCCCCC(=O)OCCCCCCCCCCCCCCCCCCCCCCCCCCCCCCCCCCC(=O)NC(CO)C(O)CCCCCCCCCCCCCCCCCCCCCCCCCCC. The van der Waals surface area contributed by atoms with Gasteiger partial charge in [0, 0.05) is 12.8 Å². The first-order chi connectivity index (χ1) is 44.5. The second-order valence-corrected chi connectivity index (χ2v) is 29.2. The normalized spacial score (nSPS) is 12.4. The number of ether oxygens (including phenoxy) is 1. The van der Waals surface area contributed by atoms with E-state index in [4.69, 9.17) is 4.74 Å². The predicted molar refractivity (Wildman–Crippen MR) is 398 cm³/mol. The number of rotatable bonds is 80. The maximum atomic E-state index is 12.6. The fraction of sp³-hybridized carbons (Fsp3) is 0.952. The van der Waals surface area contributed by atoms with Gasteiger partial charge in [-0.15, -0.1) is 0 Å². The predicted octanol–water partition coefficient (Wildman–Crippen LogP) is 27.8. The lowest BCUT2D eigenvalue weighted by molar-refractivity contribution is -0.143.